The van der Waals surface area contributed by atoms with Crippen LogP contribution in [-0.2, 0) is 30.5 Å². The van der Waals surface area contributed by atoms with Crippen LogP contribution < -0.4 is 0 Å². The van der Waals surface area contributed by atoms with E-state index in [1.165, 1.54) is 19.0 Å². The zero-order valence-electron chi connectivity index (χ0n) is 26.0. The van der Waals surface area contributed by atoms with Gasteiger partial charge in [0, 0.05) is 30.5 Å². The molecule has 0 amide bonds. The second-order valence-corrected chi connectivity index (χ2v) is 13.0. The number of carbonyl (C=O) groups is 4. The molecule has 1 aromatic carbocycles. The number of ketones is 3. The Morgan fingerprint density at radius 1 is 1.09 bits per heavy atom. The second-order valence-electron chi connectivity index (χ2n) is 13.0. The summed E-state index contributed by atoms with van der Waals surface area (Å²) in [7, 11) is 2.93. The topological polar surface area (TPSA) is 165 Å². The number of piperidine rings is 1. The van der Waals surface area contributed by atoms with E-state index >= 15 is 0 Å². The zero-order valence-corrected chi connectivity index (χ0v) is 26.0. The van der Waals surface area contributed by atoms with Gasteiger partial charge in [0.05, 0.1) is 23.4 Å². The number of nitrogens with zero attached hydrogens (tertiary/aromatic N) is 2. The van der Waals surface area contributed by atoms with E-state index < -0.39 is 99.3 Å². The number of likely N-dealkylation sites (tertiary alicyclic amines) is 1. The van der Waals surface area contributed by atoms with Crippen LogP contribution in [0.3, 0.4) is 0 Å². The monoisotopic (exact) mass is 650 g/mol. The fourth-order valence-electron chi connectivity index (χ4n) is 7.85. The largest absolute Gasteiger partial charge is 0.508 e. The summed E-state index contributed by atoms with van der Waals surface area (Å²) in [6.07, 6.45) is -5.98. The van der Waals surface area contributed by atoms with Crippen molar-refractivity contribution < 1.29 is 57.5 Å². The fraction of sp³-hybridized carbons (Fsp3) is 0.562. The lowest BCUT2D eigenvalue weighted by molar-refractivity contribution is -0.185. The molecule has 0 bridgehead atoms. The van der Waals surface area contributed by atoms with Crippen LogP contribution in [0.2, 0.25) is 0 Å². The number of fused-ring (bicyclic) bond motifs is 3. The first-order chi connectivity index (χ1) is 21.3. The number of carbonyl (C=O) groups excluding carboxylic acids is 4. The van der Waals surface area contributed by atoms with E-state index in [0.29, 0.717) is 5.56 Å². The number of aliphatic hydroxyl groups is 3. The summed E-state index contributed by atoms with van der Waals surface area (Å²) in [6.45, 7) is 4.02. The number of phenolic OH excluding ortho intramolecular Hbond substituents is 1. The molecule has 2 fully saturated rings. The maximum atomic E-state index is 14.4. The molecule has 5 rings (SSSR count). The lowest BCUT2D eigenvalue weighted by Crippen LogP contribution is -2.70. The second kappa shape index (κ2) is 11.5. The molecular weight excluding hydrogens is 613 g/mol. The predicted molar refractivity (Wildman–Crippen MR) is 155 cm³/mol. The number of alkyl halides is 3. The van der Waals surface area contributed by atoms with Crippen LogP contribution in [0.5, 0.6) is 5.75 Å². The van der Waals surface area contributed by atoms with E-state index in [2.05, 4.69) is 0 Å². The average molecular weight is 651 g/mol. The molecule has 14 heteroatoms. The number of phenols is 1. The number of benzene rings is 1. The van der Waals surface area contributed by atoms with Crippen molar-refractivity contribution in [1.82, 2.24) is 9.80 Å². The van der Waals surface area contributed by atoms with Crippen molar-refractivity contribution in [3.05, 3.63) is 45.7 Å². The van der Waals surface area contributed by atoms with Crippen molar-refractivity contribution in [2.75, 3.05) is 27.2 Å². The number of aromatic hydroxyl groups is 1. The molecule has 1 aliphatic heterocycles. The van der Waals surface area contributed by atoms with Crippen LogP contribution >= 0.6 is 0 Å². The SMILES string of the molecule is CC(=O)O[C@H]1[C@H]2C(=C(O)c3c(ccc(CN4CCC(C(F)(F)F)CC4)c3O)[C@@H]2C)C(=O)[C@]2(O)C(O)=C(C(C)=O)C(=O)[C@@H](N(C)C)[C@H]12. The highest BCUT2D eigenvalue weighted by molar-refractivity contribution is 6.25. The molecular formula is C32H37F3N2O9. The number of esters is 1. The van der Waals surface area contributed by atoms with Crippen LogP contribution in [0.25, 0.3) is 5.76 Å². The van der Waals surface area contributed by atoms with Gasteiger partial charge in [-0.1, -0.05) is 19.1 Å². The Labute approximate surface area is 262 Å². The van der Waals surface area contributed by atoms with Crippen molar-refractivity contribution in [2.45, 2.75) is 70.0 Å². The number of likely N-dealkylation sites (N-methyl/N-ethyl adjacent to an activating group) is 1. The molecule has 0 radical (unpaired) electrons. The van der Waals surface area contributed by atoms with Crippen LogP contribution in [0.15, 0.2) is 29.0 Å². The van der Waals surface area contributed by atoms with Gasteiger partial charge in [-0.25, -0.2) is 0 Å². The third kappa shape index (κ3) is 5.01. The lowest BCUT2D eigenvalue weighted by Gasteiger charge is -2.54. The van der Waals surface area contributed by atoms with E-state index in [1.54, 1.807) is 24.0 Å². The van der Waals surface area contributed by atoms with E-state index in [0.717, 1.165) is 13.8 Å². The van der Waals surface area contributed by atoms with Gasteiger partial charge in [-0.3, -0.25) is 29.0 Å². The minimum absolute atomic E-state index is 0.0538. The number of halogens is 3. The minimum atomic E-state index is -4.29. The lowest BCUT2D eigenvalue weighted by atomic mass is 9.54. The number of aliphatic hydroxyl groups excluding tert-OH is 2. The Morgan fingerprint density at radius 3 is 2.22 bits per heavy atom. The van der Waals surface area contributed by atoms with Gasteiger partial charge < -0.3 is 25.2 Å². The highest BCUT2D eigenvalue weighted by atomic mass is 19.4. The molecule has 250 valence electrons. The minimum Gasteiger partial charge on any atom is -0.508 e. The Hall–Kier alpha value is -3.75. The molecule has 0 spiro atoms. The first kappa shape index (κ1) is 33.6. The normalized spacial score (nSPS) is 30.7. The van der Waals surface area contributed by atoms with Gasteiger partial charge >= 0.3 is 12.1 Å². The molecule has 3 aliphatic carbocycles. The van der Waals surface area contributed by atoms with Crippen molar-refractivity contribution in [2.24, 2.45) is 17.8 Å². The molecule has 46 heavy (non-hydrogen) atoms. The highest BCUT2D eigenvalue weighted by Crippen LogP contribution is 2.57. The summed E-state index contributed by atoms with van der Waals surface area (Å²) in [6, 6.07) is 1.77. The van der Waals surface area contributed by atoms with Crippen molar-refractivity contribution in [3.63, 3.8) is 0 Å². The summed E-state index contributed by atoms with van der Waals surface area (Å²) >= 11 is 0. The van der Waals surface area contributed by atoms with E-state index in [-0.39, 0.29) is 43.6 Å². The van der Waals surface area contributed by atoms with Gasteiger partial charge in [0.25, 0.3) is 0 Å². The van der Waals surface area contributed by atoms with Gasteiger partial charge in [0.1, 0.15) is 28.9 Å². The number of rotatable bonds is 5. The standard InChI is InChI=1S/C32H37F3N2O9/c1-13-18-7-6-16(12-37-10-8-17(9-11-37)32(33,34)35)25(40)21(18)26(41)22-19(13)28(46-15(3)39)23-24(36(4)5)27(42)20(14(2)38)29(43)31(23,45)30(22)44/h6-7,13,17,19,23-24,28,40-41,43,45H,8-12H2,1-5H3/t13-,19+,23+,24-,28-,31+/m0/s1. The summed E-state index contributed by atoms with van der Waals surface area (Å²) < 4.78 is 45.2. The molecule has 0 aromatic heterocycles. The molecule has 1 saturated carbocycles. The summed E-state index contributed by atoms with van der Waals surface area (Å²) in [5.41, 5.74) is -3.76. The summed E-state index contributed by atoms with van der Waals surface area (Å²) in [5, 5.41) is 46.5. The van der Waals surface area contributed by atoms with Crippen molar-refractivity contribution in [3.8, 4) is 5.75 Å². The first-order valence-corrected chi connectivity index (χ1v) is 15.0. The zero-order chi connectivity index (χ0) is 34.2. The summed E-state index contributed by atoms with van der Waals surface area (Å²) in [5.74, 6) is -11.2. The Morgan fingerprint density at radius 2 is 1.70 bits per heavy atom. The predicted octanol–water partition coefficient (Wildman–Crippen LogP) is 2.94. The van der Waals surface area contributed by atoms with Gasteiger partial charge in [-0.05, 0) is 58.4 Å². The third-order valence-electron chi connectivity index (χ3n) is 10.0. The quantitative estimate of drug-likeness (QED) is 0.274. The Balaban J connectivity index is 1.65. The van der Waals surface area contributed by atoms with E-state index in [1.807, 2.05) is 0 Å². The number of Topliss-reactive ketones (excluding diaryl/α,β-unsaturated/α-hetero) is 3. The van der Waals surface area contributed by atoms with E-state index in [9.17, 15) is 52.8 Å². The Bertz CT molecular complexity index is 1570. The molecule has 4 N–H and O–H groups in total. The van der Waals surface area contributed by atoms with Crippen LogP contribution in [0.4, 0.5) is 13.2 Å². The maximum Gasteiger partial charge on any atom is 0.391 e. The molecule has 4 aliphatic rings. The smallest absolute Gasteiger partial charge is 0.391 e. The van der Waals surface area contributed by atoms with Crippen LogP contribution in [-0.4, -0.2) is 105 Å². The maximum absolute atomic E-state index is 14.4. The van der Waals surface area contributed by atoms with Gasteiger partial charge in [-0.15, -0.1) is 0 Å². The third-order valence-corrected chi connectivity index (χ3v) is 10.0. The Kier molecular flexibility index (Phi) is 8.40. The molecule has 11 nitrogen and oxygen atoms in total. The van der Waals surface area contributed by atoms with Gasteiger partial charge in [0.15, 0.2) is 17.2 Å². The number of hydrogen-bond donors (Lipinski definition) is 4. The molecule has 0 unspecified atom stereocenters. The summed E-state index contributed by atoms with van der Waals surface area (Å²) in [4.78, 5) is 56.0. The highest BCUT2D eigenvalue weighted by Gasteiger charge is 2.69. The average Bonchev–Trinajstić information content (AvgIpc) is 2.95. The number of ether oxygens (including phenoxy) is 1. The molecule has 6 atom stereocenters. The van der Waals surface area contributed by atoms with E-state index in [4.69, 9.17) is 4.74 Å². The number of hydrogen-bond acceptors (Lipinski definition) is 11. The van der Waals surface area contributed by atoms with Crippen molar-refractivity contribution in [1.29, 1.82) is 0 Å². The van der Waals surface area contributed by atoms with Gasteiger partial charge in [-0.2, -0.15) is 13.2 Å². The van der Waals surface area contributed by atoms with Crippen LogP contribution in [0.1, 0.15) is 56.2 Å². The molecule has 1 heterocycles. The first-order valence-electron chi connectivity index (χ1n) is 15.0. The molecule has 1 saturated heterocycles. The van der Waals surface area contributed by atoms with Crippen LogP contribution in [0, 0.1) is 17.8 Å². The molecule has 1 aromatic rings. The fourth-order valence-corrected chi connectivity index (χ4v) is 7.85. The van der Waals surface area contributed by atoms with Crippen molar-refractivity contribution >= 4 is 29.1 Å². The van der Waals surface area contributed by atoms with Gasteiger partial charge in [0.2, 0.25) is 5.78 Å².